The highest BCUT2D eigenvalue weighted by Gasteiger charge is 2.81. The Bertz CT molecular complexity index is 2810. The van der Waals surface area contributed by atoms with Crippen LogP contribution >= 0.6 is 11.3 Å². The number of carbonyl (C=O) groups is 3. The van der Waals surface area contributed by atoms with Crippen LogP contribution in [0.1, 0.15) is 131 Å². The van der Waals surface area contributed by atoms with Gasteiger partial charge in [0.15, 0.2) is 6.10 Å². The van der Waals surface area contributed by atoms with Crippen molar-refractivity contribution >= 4 is 40.0 Å². The Morgan fingerprint density at radius 3 is 1.34 bits per heavy atom. The molecule has 0 aliphatic heterocycles. The summed E-state index contributed by atoms with van der Waals surface area (Å²) in [5, 5.41) is 2.04. The molecule has 1 heterocycles. The van der Waals surface area contributed by atoms with E-state index >= 15 is 0 Å². The number of hydrogen-bond acceptors (Lipinski definition) is 9. The molecule has 0 aliphatic rings. The van der Waals surface area contributed by atoms with Gasteiger partial charge in [-0.3, -0.25) is 0 Å². The number of thiophene rings is 1. The van der Waals surface area contributed by atoms with E-state index in [4.69, 9.17) is 23.7 Å². The van der Waals surface area contributed by atoms with Gasteiger partial charge in [0.2, 0.25) is 0 Å². The Balaban J connectivity index is 0.922. The number of benzene rings is 5. The van der Waals surface area contributed by atoms with Crippen LogP contribution in [0.5, 0.6) is 23.0 Å². The zero-order valence-corrected chi connectivity index (χ0v) is 43.5. The molecule has 0 bridgehead atoms. The van der Waals surface area contributed by atoms with Crippen molar-refractivity contribution in [1.29, 1.82) is 0 Å². The van der Waals surface area contributed by atoms with Crippen molar-refractivity contribution in [2.24, 2.45) is 0 Å². The largest absolute Gasteiger partial charge is 0.494 e. The number of rotatable bonds is 30. The normalized spacial score (nSPS) is 12.6. The fourth-order valence-corrected chi connectivity index (χ4v) is 9.51. The van der Waals surface area contributed by atoms with Crippen molar-refractivity contribution in [2.45, 2.75) is 140 Å². The summed E-state index contributed by atoms with van der Waals surface area (Å²) in [5.74, 6) is -19.3. The lowest BCUT2D eigenvalue weighted by Crippen LogP contribution is -2.60. The third-order valence-corrected chi connectivity index (χ3v) is 14.1. The van der Waals surface area contributed by atoms with E-state index in [9.17, 15) is 53.9 Å². The number of unbranched alkanes of at least 4 members (excludes halogenated alkanes) is 12. The van der Waals surface area contributed by atoms with E-state index in [1.165, 1.54) is 68.5 Å². The van der Waals surface area contributed by atoms with Crippen molar-refractivity contribution in [3.63, 3.8) is 0 Å². The average molecular weight is 1100 g/mol. The molecule has 1 aromatic heterocycles. The molecule has 0 spiro atoms. The van der Waals surface area contributed by atoms with E-state index in [-0.39, 0.29) is 36.3 Å². The lowest BCUT2D eigenvalue weighted by Gasteiger charge is -2.33. The molecule has 1 atom stereocenters. The summed E-state index contributed by atoms with van der Waals surface area (Å²) in [7, 11) is 0. The summed E-state index contributed by atoms with van der Waals surface area (Å²) in [6, 6.07) is 34.7. The maximum Gasteiger partial charge on any atom is 0.460 e. The second-order valence-electron chi connectivity index (χ2n) is 18.7. The second-order valence-corrected chi connectivity index (χ2v) is 19.7. The molecular weight excluding hydrogens is 1040 g/mol. The van der Waals surface area contributed by atoms with Gasteiger partial charge in [0, 0.05) is 33.6 Å². The molecule has 0 fully saturated rings. The molecule has 5 aromatic carbocycles. The van der Waals surface area contributed by atoms with Crippen molar-refractivity contribution in [3.05, 3.63) is 132 Å². The molecule has 18 heteroatoms. The lowest BCUT2D eigenvalue weighted by molar-refractivity contribution is -0.396. The Morgan fingerprint density at radius 1 is 0.468 bits per heavy atom. The number of halogens is 9. The Morgan fingerprint density at radius 2 is 0.870 bits per heavy atom. The van der Waals surface area contributed by atoms with Gasteiger partial charge < -0.3 is 23.7 Å². The first-order chi connectivity index (χ1) is 36.7. The predicted octanol–water partition coefficient (Wildman–Crippen LogP) is 17.7. The van der Waals surface area contributed by atoms with Crippen LogP contribution in [0, 0.1) is 0 Å². The van der Waals surface area contributed by atoms with Gasteiger partial charge in [-0.25, -0.2) is 14.4 Å². The van der Waals surface area contributed by atoms with Gasteiger partial charge in [0.25, 0.3) is 0 Å². The van der Waals surface area contributed by atoms with Crippen LogP contribution in [0.4, 0.5) is 39.5 Å². The van der Waals surface area contributed by atoms with E-state index in [2.05, 4.69) is 6.92 Å². The zero-order valence-electron chi connectivity index (χ0n) is 42.7. The first-order valence-corrected chi connectivity index (χ1v) is 26.6. The Hall–Kier alpha value is -6.40. The molecular formula is C59H61F9O8S. The van der Waals surface area contributed by atoms with Gasteiger partial charge in [0.05, 0.1) is 17.7 Å². The summed E-state index contributed by atoms with van der Waals surface area (Å²) in [6.07, 6.45) is 1.03. The quantitative estimate of drug-likeness (QED) is 0.0190. The van der Waals surface area contributed by atoms with E-state index < -0.39 is 60.8 Å². The highest BCUT2D eigenvalue weighted by molar-refractivity contribution is 7.21. The highest BCUT2D eigenvalue weighted by Crippen LogP contribution is 2.54. The van der Waals surface area contributed by atoms with Gasteiger partial charge >= 0.3 is 41.9 Å². The smallest absolute Gasteiger partial charge is 0.460 e. The zero-order chi connectivity index (χ0) is 55.6. The first-order valence-electron chi connectivity index (χ1n) is 25.8. The number of esters is 3. The number of carbonyl (C=O) groups excluding carboxylic acids is 3. The molecule has 0 saturated carbocycles. The Kier molecular flexibility index (Phi) is 21.6. The third-order valence-electron chi connectivity index (χ3n) is 12.7. The number of alkyl halides is 9. The monoisotopic (exact) mass is 1100 g/mol. The lowest BCUT2D eigenvalue weighted by atomic mass is 9.98. The van der Waals surface area contributed by atoms with Gasteiger partial charge in [-0.2, -0.15) is 39.5 Å². The van der Waals surface area contributed by atoms with E-state index in [1.54, 1.807) is 54.7 Å². The summed E-state index contributed by atoms with van der Waals surface area (Å²) in [4.78, 5) is 40.7. The summed E-state index contributed by atoms with van der Waals surface area (Å²) < 4.78 is 145. The molecule has 0 saturated heterocycles. The molecule has 6 aromatic rings. The van der Waals surface area contributed by atoms with Gasteiger partial charge in [-0.05, 0) is 134 Å². The number of fused-ring (bicyclic) bond motifs is 1. The minimum Gasteiger partial charge on any atom is -0.494 e. The van der Waals surface area contributed by atoms with Crippen LogP contribution in [0.2, 0.25) is 0 Å². The predicted molar refractivity (Wildman–Crippen MR) is 278 cm³/mol. The number of hydrogen-bond donors (Lipinski definition) is 0. The molecule has 414 valence electrons. The topological polar surface area (TPSA) is 97.4 Å². The molecule has 0 N–H and O–H groups in total. The van der Waals surface area contributed by atoms with Gasteiger partial charge in [-0.1, -0.05) is 102 Å². The standard InChI is InChI=1S/C59H61F9O8S/c1-3-4-5-6-7-9-12-17-38-72-40(2)53(69)74-46-35-27-44(28-36-46)55(71)76-48-33-23-42(24-34-48)52-50-20-15-14-19-49(50)51(77-52)41-21-31-47(32-22-41)75-54(70)43-25-29-45(30-26-43)73-39-18-13-10-8-11-16-37-56(60,61)57(62,63)58(64,65)59(66,67)68/h14-15,19-36,40H,3-13,16-18,37-39H2,1-2H3/t40-/m0/s1. The fourth-order valence-electron chi connectivity index (χ4n) is 8.22. The van der Waals surface area contributed by atoms with Crippen molar-refractivity contribution in [3.8, 4) is 43.9 Å². The molecule has 0 radical (unpaired) electrons. The number of ether oxygens (including phenoxy) is 5. The third kappa shape index (κ3) is 16.3. The highest BCUT2D eigenvalue weighted by atomic mass is 32.1. The van der Waals surface area contributed by atoms with Crippen molar-refractivity contribution in [2.75, 3.05) is 13.2 Å². The van der Waals surface area contributed by atoms with Crippen molar-refractivity contribution in [1.82, 2.24) is 0 Å². The molecule has 77 heavy (non-hydrogen) atoms. The molecule has 8 nitrogen and oxygen atoms in total. The van der Waals surface area contributed by atoms with Gasteiger partial charge in [-0.15, -0.1) is 11.3 Å². The summed E-state index contributed by atoms with van der Waals surface area (Å²) >= 11 is 1.58. The average Bonchev–Trinajstić information content (AvgIpc) is 3.83. The Labute approximate surface area is 445 Å². The minimum absolute atomic E-state index is 0.0712. The van der Waals surface area contributed by atoms with Crippen LogP contribution in [-0.2, 0) is 9.53 Å². The van der Waals surface area contributed by atoms with Crippen LogP contribution < -0.4 is 18.9 Å². The van der Waals surface area contributed by atoms with E-state index in [0.717, 1.165) is 50.9 Å². The van der Waals surface area contributed by atoms with Crippen LogP contribution in [-0.4, -0.2) is 61.2 Å². The minimum atomic E-state index is -6.87. The van der Waals surface area contributed by atoms with E-state index in [1.807, 2.05) is 48.5 Å². The first kappa shape index (κ1) is 59.8. The second kappa shape index (κ2) is 27.8. The van der Waals surface area contributed by atoms with Gasteiger partial charge in [0.1, 0.15) is 23.0 Å². The molecule has 0 unspecified atom stereocenters. The molecule has 0 amide bonds. The van der Waals surface area contributed by atoms with Crippen molar-refractivity contribution < 1.29 is 77.6 Å². The summed E-state index contributed by atoms with van der Waals surface area (Å²) in [5.41, 5.74) is 2.34. The maximum atomic E-state index is 13.7. The van der Waals surface area contributed by atoms with Crippen LogP contribution in [0.25, 0.3) is 31.7 Å². The van der Waals surface area contributed by atoms with E-state index in [0.29, 0.717) is 43.1 Å². The fraction of sp³-hybridized carbons (Fsp3) is 0.407. The van der Waals surface area contributed by atoms with Crippen LogP contribution in [0.15, 0.2) is 121 Å². The summed E-state index contributed by atoms with van der Waals surface area (Å²) in [6.45, 7) is 4.59. The van der Waals surface area contributed by atoms with Crippen LogP contribution in [0.3, 0.4) is 0 Å². The molecule has 6 rings (SSSR count). The maximum absolute atomic E-state index is 13.7. The molecule has 0 aliphatic carbocycles. The SMILES string of the molecule is CCCCCCCCCCO[C@@H](C)C(=O)Oc1ccc(C(=O)Oc2ccc(-c3sc(-c4ccc(OC(=O)c5ccc(OCCCCCCCCC(F)(F)C(F)(F)C(F)(F)C(F)(F)F)cc5)cc4)c4ccccc34)cc2)cc1.